The number of hydrogen-bond donors (Lipinski definition) is 1. The third-order valence-corrected chi connectivity index (χ3v) is 2.97. The average molecular weight is 274 g/mol. The van der Waals surface area contributed by atoms with Crippen LogP contribution in [0.3, 0.4) is 0 Å². The van der Waals surface area contributed by atoms with Crippen LogP contribution in [-0.2, 0) is 0 Å². The molecule has 0 amide bonds. The van der Waals surface area contributed by atoms with Gasteiger partial charge in [0.15, 0.2) is 0 Å². The first-order valence-electron chi connectivity index (χ1n) is 5.76. The summed E-state index contributed by atoms with van der Waals surface area (Å²) in [6, 6.07) is 15.9. The summed E-state index contributed by atoms with van der Waals surface area (Å²) in [6.07, 6.45) is -0.760. The first kappa shape index (κ1) is 13.4. The third-order valence-electron chi connectivity index (χ3n) is 2.66. The standard InChI is InChI=1S/C15H12ClNO2/c16-13-3-1-2-4-15(13)19-10-14(18)12-7-5-11(9-17)6-8-12/h1-8,14,18H,10H2. The lowest BCUT2D eigenvalue weighted by Crippen LogP contribution is -2.09. The molecule has 0 saturated carbocycles. The van der Waals surface area contributed by atoms with Gasteiger partial charge in [-0.25, -0.2) is 0 Å². The van der Waals surface area contributed by atoms with Gasteiger partial charge in [0.1, 0.15) is 18.5 Å². The van der Waals surface area contributed by atoms with Crippen LogP contribution in [-0.4, -0.2) is 11.7 Å². The highest BCUT2D eigenvalue weighted by Crippen LogP contribution is 2.24. The number of benzene rings is 2. The Morgan fingerprint density at radius 3 is 2.47 bits per heavy atom. The molecule has 3 nitrogen and oxygen atoms in total. The number of rotatable bonds is 4. The van der Waals surface area contributed by atoms with E-state index in [1.807, 2.05) is 18.2 Å². The Balaban J connectivity index is 1.99. The molecule has 2 aromatic carbocycles. The Morgan fingerprint density at radius 1 is 1.16 bits per heavy atom. The van der Waals surface area contributed by atoms with Crippen molar-refractivity contribution in [2.45, 2.75) is 6.10 Å². The highest BCUT2D eigenvalue weighted by atomic mass is 35.5. The number of hydrogen-bond acceptors (Lipinski definition) is 3. The van der Waals surface area contributed by atoms with E-state index in [0.29, 0.717) is 21.9 Å². The van der Waals surface area contributed by atoms with Crippen molar-refractivity contribution in [3.63, 3.8) is 0 Å². The van der Waals surface area contributed by atoms with E-state index in [4.69, 9.17) is 21.6 Å². The minimum atomic E-state index is -0.760. The van der Waals surface area contributed by atoms with Gasteiger partial charge in [-0.3, -0.25) is 0 Å². The van der Waals surface area contributed by atoms with Crippen molar-refractivity contribution in [3.05, 3.63) is 64.7 Å². The van der Waals surface area contributed by atoms with Crippen LogP contribution in [0, 0.1) is 11.3 Å². The summed E-state index contributed by atoms with van der Waals surface area (Å²) in [5.41, 5.74) is 1.26. The Labute approximate surface area is 116 Å². The number of para-hydroxylation sites is 1. The molecular weight excluding hydrogens is 262 g/mol. The van der Waals surface area contributed by atoms with Crippen molar-refractivity contribution in [2.24, 2.45) is 0 Å². The van der Waals surface area contributed by atoms with E-state index in [9.17, 15) is 5.11 Å². The molecule has 0 bridgehead atoms. The minimum absolute atomic E-state index is 0.107. The molecular formula is C15H12ClNO2. The second kappa shape index (κ2) is 6.24. The molecule has 0 saturated heterocycles. The Hall–Kier alpha value is -2.02. The zero-order chi connectivity index (χ0) is 13.7. The van der Waals surface area contributed by atoms with Gasteiger partial charge < -0.3 is 9.84 Å². The SMILES string of the molecule is N#Cc1ccc(C(O)COc2ccccc2Cl)cc1. The highest BCUT2D eigenvalue weighted by molar-refractivity contribution is 6.32. The molecule has 0 heterocycles. The molecule has 0 aromatic heterocycles. The number of nitriles is 1. The van der Waals surface area contributed by atoms with Crippen LogP contribution in [0.1, 0.15) is 17.2 Å². The third kappa shape index (κ3) is 3.47. The molecule has 1 atom stereocenters. The van der Waals surface area contributed by atoms with Gasteiger partial charge in [0.2, 0.25) is 0 Å². The fraction of sp³-hybridized carbons (Fsp3) is 0.133. The summed E-state index contributed by atoms with van der Waals surface area (Å²) < 4.78 is 5.46. The van der Waals surface area contributed by atoms with E-state index in [1.54, 1.807) is 36.4 Å². The second-order valence-electron chi connectivity index (χ2n) is 3.99. The van der Waals surface area contributed by atoms with Gasteiger partial charge in [-0.2, -0.15) is 5.26 Å². The molecule has 19 heavy (non-hydrogen) atoms. The molecule has 0 aliphatic rings. The Morgan fingerprint density at radius 2 is 1.84 bits per heavy atom. The quantitative estimate of drug-likeness (QED) is 0.930. The van der Waals surface area contributed by atoms with Crippen molar-refractivity contribution < 1.29 is 9.84 Å². The van der Waals surface area contributed by atoms with E-state index < -0.39 is 6.10 Å². The highest BCUT2D eigenvalue weighted by Gasteiger charge is 2.09. The second-order valence-corrected chi connectivity index (χ2v) is 4.40. The van der Waals surface area contributed by atoms with E-state index in [0.717, 1.165) is 0 Å². The summed E-state index contributed by atoms with van der Waals surface area (Å²) in [7, 11) is 0. The van der Waals surface area contributed by atoms with Gasteiger partial charge in [-0.1, -0.05) is 35.9 Å². The maximum atomic E-state index is 9.99. The van der Waals surface area contributed by atoms with Crippen molar-refractivity contribution in [2.75, 3.05) is 6.61 Å². The van der Waals surface area contributed by atoms with E-state index in [1.165, 1.54) is 0 Å². The molecule has 4 heteroatoms. The zero-order valence-electron chi connectivity index (χ0n) is 10.1. The van der Waals surface area contributed by atoms with Crippen molar-refractivity contribution >= 4 is 11.6 Å². The van der Waals surface area contributed by atoms with Gasteiger partial charge >= 0.3 is 0 Å². The van der Waals surface area contributed by atoms with Crippen LogP contribution in [0.4, 0.5) is 0 Å². The van der Waals surface area contributed by atoms with Gasteiger partial charge in [-0.15, -0.1) is 0 Å². The molecule has 1 unspecified atom stereocenters. The van der Waals surface area contributed by atoms with Crippen molar-refractivity contribution in [1.29, 1.82) is 5.26 Å². The number of aliphatic hydroxyl groups is 1. The maximum Gasteiger partial charge on any atom is 0.138 e. The largest absolute Gasteiger partial charge is 0.489 e. The number of nitrogens with zero attached hydrogens (tertiary/aromatic N) is 1. The van der Waals surface area contributed by atoms with Gasteiger partial charge in [-0.05, 0) is 29.8 Å². The predicted octanol–water partition coefficient (Wildman–Crippen LogP) is 3.32. The minimum Gasteiger partial charge on any atom is -0.489 e. The van der Waals surface area contributed by atoms with Crippen LogP contribution in [0.2, 0.25) is 5.02 Å². The lowest BCUT2D eigenvalue weighted by molar-refractivity contribution is 0.108. The predicted molar refractivity (Wildman–Crippen MR) is 73.1 cm³/mol. The molecule has 1 N–H and O–H groups in total. The zero-order valence-corrected chi connectivity index (χ0v) is 10.8. The van der Waals surface area contributed by atoms with Gasteiger partial charge in [0.05, 0.1) is 16.7 Å². The number of ether oxygens (including phenoxy) is 1. The van der Waals surface area contributed by atoms with Crippen LogP contribution in [0.5, 0.6) is 5.75 Å². The normalized spacial score (nSPS) is 11.6. The van der Waals surface area contributed by atoms with Crippen LogP contribution in [0.25, 0.3) is 0 Å². The van der Waals surface area contributed by atoms with Crippen LogP contribution >= 0.6 is 11.6 Å². The Kier molecular flexibility index (Phi) is 4.40. The fourth-order valence-corrected chi connectivity index (χ4v) is 1.80. The summed E-state index contributed by atoms with van der Waals surface area (Å²) in [6.45, 7) is 0.107. The van der Waals surface area contributed by atoms with Crippen molar-refractivity contribution in [3.8, 4) is 11.8 Å². The summed E-state index contributed by atoms with van der Waals surface area (Å²) in [5.74, 6) is 0.539. The molecule has 0 aliphatic carbocycles. The molecule has 2 rings (SSSR count). The van der Waals surface area contributed by atoms with Gasteiger partial charge in [0, 0.05) is 0 Å². The van der Waals surface area contributed by atoms with E-state index in [2.05, 4.69) is 0 Å². The smallest absolute Gasteiger partial charge is 0.138 e. The van der Waals surface area contributed by atoms with Crippen LogP contribution < -0.4 is 4.74 Å². The summed E-state index contributed by atoms with van der Waals surface area (Å²) in [5, 5.41) is 19.2. The molecule has 0 spiro atoms. The first-order valence-corrected chi connectivity index (χ1v) is 6.14. The molecule has 0 fully saturated rings. The topological polar surface area (TPSA) is 53.2 Å². The van der Waals surface area contributed by atoms with Crippen molar-refractivity contribution in [1.82, 2.24) is 0 Å². The van der Waals surface area contributed by atoms with Gasteiger partial charge in [0.25, 0.3) is 0 Å². The molecule has 2 aromatic rings. The van der Waals surface area contributed by atoms with E-state index >= 15 is 0 Å². The van der Waals surface area contributed by atoms with E-state index in [-0.39, 0.29) is 6.61 Å². The first-order chi connectivity index (χ1) is 9.20. The fourth-order valence-electron chi connectivity index (χ4n) is 1.61. The maximum absolute atomic E-state index is 9.99. The summed E-state index contributed by atoms with van der Waals surface area (Å²) >= 11 is 5.95. The molecule has 0 radical (unpaired) electrons. The lowest BCUT2D eigenvalue weighted by atomic mass is 10.1. The summed E-state index contributed by atoms with van der Waals surface area (Å²) in [4.78, 5) is 0. The van der Waals surface area contributed by atoms with Crippen LogP contribution in [0.15, 0.2) is 48.5 Å². The lowest BCUT2D eigenvalue weighted by Gasteiger charge is -2.13. The molecule has 96 valence electrons. The monoisotopic (exact) mass is 273 g/mol. The number of halogens is 1. The Bertz CT molecular complexity index is 590. The molecule has 0 aliphatic heterocycles. The average Bonchev–Trinajstić information content (AvgIpc) is 2.46. The number of aliphatic hydroxyl groups excluding tert-OH is 1.